The van der Waals surface area contributed by atoms with E-state index in [2.05, 4.69) is 75.3 Å². The summed E-state index contributed by atoms with van der Waals surface area (Å²) in [6, 6.07) is 18.5. The van der Waals surface area contributed by atoms with Gasteiger partial charge in [0.25, 0.3) is 0 Å². The molecule has 8 aromatic rings. The Hall–Kier alpha value is -7.38. The zero-order chi connectivity index (χ0) is 80.8. The van der Waals surface area contributed by atoms with Gasteiger partial charge in [0.1, 0.15) is 46.5 Å². The van der Waals surface area contributed by atoms with Crippen LogP contribution in [0.25, 0.3) is 44.5 Å². The van der Waals surface area contributed by atoms with Gasteiger partial charge in [0.15, 0.2) is 0 Å². The number of aromatic nitrogens is 4. The average molecular weight is 1450 g/mol. The minimum absolute atomic E-state index is 0.0346. The fourth-order valence-corrected chi connectivity index (χ4v) is 16.1. The second kappa shape index (κ2) is 32.3. The van der Waals surface area contributed by atoms with Crippen LogP contribution in [0.1, 0.15) is 212 Å². The molecule has 2 N–H and O–H groups in total. The SMILES string of the molecule is COc1cc(-c2cc(F)c(CCl)cc2[C@@H]2CCCC2(C)C)c(F)cn1.COc1cc(-c2cc(F)c(CCl)cc2[C@H]2CCCC2(C)C)c(F)cn1.COc1cc(-c2cc(F)c(CO)cc2[C@@H]2CCCC2(C)C)c(F)cn1.COc1cc(-c2cc(F)c(CO)cc2[C@H]2CCCC2(C)C)c(F)cn1.[3H][3H].[3H][3H].[3H][3H].[3H][3H]. The minimum atomic E-state index is -0.535. The number of ether oxygens (including phenoxy) is 4. The number of hydrogen-bond acceptors (Lipinski definition) is 10. The number of hydrogen-bond donors (Lipinski definition) is 2. The molecule has 0 radical (unpaired) electrons. The maximum absolute atomic E-state index is 14.5. The van der Waals surface area contributed by atoms with Crippen LogP contribution in [0.5, 0.6) is 23.5 Å². The lowest BCUT2D eigenvalue weighted by Crippen LogP contribution is -2.17. The van der Waals surface area contributed by atoms with Crippen molar-refractivity contribution in [3.05, 3.63) is 189 Å². The normalized spacial score (nSPS) is 19.5. The first-order chi connectivity index (χ1) is 51.5. The predicted molar refractivity (Wildman–Crippen MR) is 385 cm³/mol. The van der Waals surface area contributed by atoms with Crippen molar-refractivity contribution in [3.8, 4) is 68.0 Å². The van der Waals surface area contributed by atoms with Crippen molar-refractivity contribution in [1.29, 1.82) is 0 Å². The number of rotatable bonds is 16. The van der Waals surface area contributed by atoms with E-state index in [0.717, 1.165) is 124 Å². The lowest BCUT2D eigenvalue weighted by molar-refractivity contribution is 0.274. The Kier molecular flexibility index (Phi) is 22.9. The smallest absolute Gasteiger partial charge is 0.213 e. The summed E-state index contributed by atoms with van der Waals surface area (Å²) in [5.74, 6) is -1.79. The van der Waals surface area contributed by atoms with E-state index in [-0.39, 0.29) is 104 Å². The fraction of sp³-hybridized carbons (Fsp3) is 0.450. The van der Waals surface area contributed by atoms with Gasteiger partial charge in [0, 0.05) is 80.7 Å². The number of aliphatic hydroxyl groups is 2. The van der Waals surface area contributed by atoms with Crippen molar-refractivity contribution in [2.24, 2.45) is 21.7 Å². The molecule has 0 aliphatic heterocycles. The molecule has 0 unspecified atom stereocenters. The topological polar surface area (TPSA) is 129 Å². The molecule has 4 aromatic heterocycles. The molecule has 544 valence electrons. The van der Waals surface area contributed by atoms with E-state index in [1.54, 1.807) is 12.1 Å². The van der Waals surface area contributed by atoms with Gasteiger partial charge in [0.2, 0.25) is 23.5 Å². The van der Waals surface area contributed by atoms with Crippen molar-refractivity contribution in [3.63, 3.8) is 0 Å². The molecule has 4 aromatic carbocycles. The maximum atomic E-state index is 14.5. The zero-order valence-corrected chi connectivity index (χ0v) is 60.5. The highest BCUT2D eigenvalue weighted by Gasteiger charge is 2.42. The van der Waals surface area contributed by atoms with Crippen LogP contribution >= 0.6 is 23.2 Å². The van der Waals surface area contributed by atoms with Gasteiger partial charge in [-0.15, -0.1) is 23.2 Å². The number of methoxy groups -OCH3 is 4. The van der Waals surface area contributed by atoms with E-state index in [9.17, 15) is 45.3 Å². The number of pyridine rings is 4. The molecule has 4 saturated carbocycles. The Bertz CT molecular complexity index is 3740. The van der Waals surface area contributed by atoms with Crippen molar-refractivity contribution in [1.82, 2.24) is 19.9 Å². The minimum Gasteiger partial charge on any atom is -0.481 e. The van der Waals surface area contributed by atoms with Crippen LogP contribution in [0.4, 0.5) is 35.1 Å². The Morgan fingerprint density at radius 2 is 0.560 bits per heavy atom. The quantitative estimate of drug-likeness (QED) is 0.0713. The molecular formula is C80H98Cl2F8N4O6. The van der Waals surface area contributed by atoms with Crippen LogP contribution in [-0.2, 0) is 25.0 Å². The monoisotopic (exact) mass is 1450 g/mol. The summed E-state index contributed by atoms with van der Waals surface area (Å²) in [5, 5.41) is 18.9. The first-order valence-corrected chi connectivity index (χ1v) is 35.0. The van der Waals surface area contributed by atoms with Crippen LogP contribution in [0.3, 0.4) is 0 Å². The first kappa shape index (κ1) is 71.0. The molecule has 20 heteroatoms. The Balaban J connectivity index is 0.000000250. The number of benzene rings is 4. The van der Waals surface area contributed by atoms with Gasteiger partial charge in [-0.1, -0.05) is 93.2 Å². The van der Waals surface area contributed by atoms with Crippen LogP contribution in [-0.4, -0.2) is 58.6 Å². The summed E-state index contributed by atoms with van der Waals surface area (Å²) in [5.41, 5.74) is 8.54. The van der Waals surface area contributed by atoms with Crippen molar-refractivity contribution in [2.75, 3.05) is 28.4 Å². The van der Waals surface area contributed by atoms with Gasteiger partial charge in [-0.3, -0.25) is 0 Å². The van der Waals surface area contributed by atoms with Crippen LogP contribution in [0.15, 0.2) is 97.6 Å². The first-order valence-electron chi connectivity index (χ1n) is 37.9. The number of halogens is 10. The third kappa shape index (κ3) is 16.7. The van der Waals surface area contributed by atoms with Crippen LogP contribution < -0.4 is 18.9 Å². The fourth-order valence-electron chi connectivity index (χ4n) is 15.6. The Morgan fingerprint density at radius 3 is 0.740 bits per heavy atom. The third-order valence-corrected chi connectivity index (χ3v) is 21.9. The van der Waals surface area contributed by atoms with Gasteiger partial charge in [-0.2, -0.15) is 0 Å². The highest BCUT2D eigenvalue weighted by atomic mass is 35.5. The third-order valence-electron chi connectivity index (χ3n) is 21.4. The van der Waals surface area contributed by atoms with E-state index in [4.69, 9.17) is 54.0 Å². The summed E-state index contributed by atoms with van der Waals surface area (Å²) in [6.45, 7) is 16.8. The molecule has 4 atom stereocenters. The van der Waals surface area contributed by atoms with Crippen LogP contribution in [0, 0.1) is 68.2 Å². The molecule has 4 aliphatic rings. The largest absolute Gasteiger partial charge is 0.481 e. The summed E-state index contributed by atoms with van der Waals surface area (Å²) in [7, 11) is 5.87. The molecule has 4 fully saturated rings. The second-order valence-corrected chi connectivity index (χ2v) is 29.8. The van der Waals surface area contributed by atoms with E-state index < -0.39 is 46.5 Å². The van der Waals surface area contributed by atoms with E-state index >= 15 is 0 Å². The number of aliphatic hydroxyl groups excluding tert-OH is 2. The average Bonchev–Trinajstić information content (AvgIpc) is 1.39. The molecule has 4 aliphatic carbocycles. The van der Waals surface area contributed by atoms with E-state index in [1.807, 2.05) is 12.1 Å². The van der Waals surface area contributed by atoms with Crippen molar-refractivity contribution >= 4 is 23.2 Å². The second-order valence-electron chi connectivity index (χ2n) is 29.3. The van der Waals surface area contributed by atoms with Gasteiger partial charge in [0.05, 0.1) is 78.2 Å². The summed E-state index contributed by atoms with van der Waals surface area (Å²) in [6.07, 6.45) is 17.0. The molecule has 0 amide bonds. The Labute approximate surface area is 604 Å². The number of alkyl halides is 2. The highest BCUT2D eigenvalue weighted by Crippen LogP contribution is 2.56. The summed E-state index contributed by atoms with van der Waals surface area (Å²) in [4.78, 5) is 15.5. The van der Waals surface area contributed by atoms with E-state index in [0.29, 0.717) is 56.3 Å². The molecule has 0 spiro atoms. The van der Waals surface area contributed by atoms with Gasteiger partial charge in [-0.25, -0.2) is 55.1 Å². The lowest BCUT2D eigenvalue weighted by Gasteiger charge is -2.30. The molecule has 10 nitrogen and oxygen atoms in total. The molecule has 0 saturated heterocycles. The Morgan fingerprint density at radius 1 is 0.350 bits per heavy atom. The van der Waals surface area contributed by atoms with Gasteiger partial charge in [-0.05, 0) is 178 Å². The van der Waals surface area contributed by atoms with E-state index in [1.165, 1.54) is 77.0 Å². The standard InChI is InChI=1S/2C20H22ClF2NO.2C20H23F2NO2.4H2/c2*1-20(2)6-4-5-16(20)14-7-12(10-21)17(22)8-13(14)15-9-19(25-3)24-11-18(15)23;2*1-20(2)6-4-5-16(20)14-7-12(11-24)17(21)8-13(14)15-9-19(25-3)23-10-18(15)22;;;;/h2*7-9,11,16H,4-6,10H2,1-3H3;2*7-10,16,24H,4-6,11H2,1-3H3;4*1H/t4*16-;;;;/m1010..../s1/i;;;;4*1+2T. The van der Waals surface area contributed by atoms with Crippen molar-refractivity contribution < 1.29 is 76.2 Å². The molecule has 0 bridgehead atoms. The summed E-state index contributed by atoms with van der Waals surface area (Å²) < 4.78 is 176. The number of nitrogens with zero attached hydrogens (tertiary/aromatic N) is 4. The summed E-state index contributed by atoms with van der Waals surface area (Å²) >= 11 is 11.8. The van der Waals surface area contributed by atoms with Crippen molar-refractivity contribution in [2.45, 2.75) is 181 Å². The molecule has 4 heterocycles. The van der Waals surface area contributed by atoms with Crippen LogP contribution in [0.2, 0.25) is 0 Å². The van der Waals surface area contributed by atoms with Gasteiger partial charge < -0.3 is 29.2 Å². The zero-order valence-electron chi connectivity index (χ0n) is 67.0. The predicted octanol–water partition coefficient (Wildman–Crippen LogP) is 22.8. The highest BCUT2D eigenvalue weighted by molar-refractivity contribution is 6.17. The molecule has 100 heavy (non-hydrogen) atoms. The van der Waals surface area contributed by atoms with Gasteiger partial charge >= 0.3 is 0 Å². The molecular weight excluding hydrogens is 1340 g/mol. The lowest BCUT2D eigenvalue weighted by atomic mass is 9.75. The maximum Gasteiger partial charge on any atom is 0.213 e. The molecule has 12 rings (SSSR count).